The third kappa shape index (κ3) is 2.92. The Morgan fingerprint density at radius 3 is 2.67 bits per heavy atom. The molecule has 0 atom stereocenters. The Bertz CT molecular complexity index is 505. The number of benzene rings is 1. The number of anilines is 1. The maximum absolute atomic E-state index is 13.2. The average Bonchev–Trinajstić information content (AvgIpc) is 2.21. The van der Waals surface area contributed by atoms with E-state index in [9.17, 15) is 12.8 Å². The van der Waals surface area contributed by atoms with E-state index in [1.165, 1.54) is 19.1 Å². The standard InChI is InChI=1S/C9H9FN2O2S/c1-2-15(13,14)12-9-4-3-7(6-11)5-8(9)10/h3-5,12H,2H2,1H3. The molecule has 0 unspecified atom stereocenters. The van der Waals surface area contributed by atoms with Crippen molar-refractivity contribution in [2.24, 2.45) is 0 Å². The fraction of sp³-hybridized carbons (Fsp3) is 0.222. The molecule has 0 aliphatic carbocycles. The maximum atomic E-state index is 13.2. The van der Waals surface area contributed by atoms with Crippen LogP contribution in [0.15, 0.2) is 18.2 Å². The number of nitriles is 1. The summed E-state index contributed by atoms with van der Waals surface area (Å²) in [6.07, 6.45) is 0. The number of nitrogens with one attached hydrogen (secondary N) is 1. The highest BCUT2D eigenvalue weighted by Crippen LogP contribution is 2.16. The van der Waals surface area contributed by atoms with E-state index in [1.807, 2.05) is 0 Å². The van der Waals surface area contributed by atoms with Gasteiger partial charge in [-0.15, -0.1) is 0 Å². The van der Waals surface area contributed by atoms with E-state index in [0.717, 1.165) is 6.07 Å². The predicted octanol–water partition coefficient (Wildman–Crippen LogP) is 1.46. The van der Waals surface area contributed by atoms with Gasteiger partial charge in [0.25, 0.3) is 0 Å². The molecule has 1 aromatic rings. The molecule has 6 heteroatoms. The molecule has 0 saturated carbocycles. The summed E-state index contributed by atoms with van der Waals surface area (Å²) in [7, 11) is -3.49. The largest absolute Gasteiger partial charge is 0.281 e. The SMILES string of the molecule is CCS(=O)(=O)Nc1ccc(C#N)cc1F. The Kier molecular flexibility index (Phi) is 3.27. The number of rotatable bonds is 3. The lowest BCUT2D eigenvalue weighted by molar-refractivity contribution is 0.599. The highest BCUT2D eigenvalue weighted by molar-refractivity contribution is 7.92. The van der Waals surface area contributed by atoms with Crippen molar-refractivity contribution >= 4 is 15.7 Å². The first-order valence-electron chi connectivity index (χ1n) is 4.18. The fourth-order valence-corrected chi connectivity index (χ4v) is 1.55. The molecule has 1 N–H and O–H groups in total. The molecule has 0 spiro atoms. The fourth-order valence-electron chi connectivity index (χ4n) is 0.907. The lowest BCUT2D eigenvalue weighted by atomic mass is 10.2. The molecule has 1 rings (SSSR count). The van der Waals surface area contributed by atoms with Crippen LogP contribution in [0.1, 0.15) is 12.5 Å². The van der Waals surface area contributed by atoms with Gasteiger partial charge in [-0.05, 0) is 25.1 Å². The minimum Gasteiger partial charge on any atom is -0.281 e. The summed E-state index contributed by atoms with van der Waals surface area (Å²) >= 11 is 0. The highest BCUT2D eigenvalue weighted by Gasteiger charge is 2.10. The van der Waals surface area contributed by atoms with Crippen LogP contribution in [0.5, 0.6) is 0 Å². The third-order valence-corrected chi connectivity index (χ3v) is 3.03. The van der Waals surface area contributed by atoms with Crippen molar-refractivity contribution in [2.75, 3.05) is 10.5 Å². The predicted molar refractivity (Wildman–Crippen MR) is 54.2 cm³/mol. The maximum Gasteiger partial charge on any atom is 0.232 e. The van der Waals surface area contributed by atoms with Gasteiger partial charge in [-0.1, -0.05) is 0 Å². The number of nitrogens with zero attached hydrogens (tertiary/aromatic N) is 1. The van der Waals surface area contributed by atoms with E-state index in [1.54, 1.807) is 6.07 Å². The Morgan fingerprint density at radius 1 is 1.53 bits per heavy atom. The molecular formula is C9H9FN2O2S. The van der Waals surface area contributed by atoms with Crippen LogP contribution < -0.4 is 4.72 Å². The molecule has 0 amide bonds. The van der Waals surface area contributed by atoms with Gasteiger partial charge in [0.05, 0.1) is 23.1 Å². The van der Waals surface area contributed by atoms with Gasteiger partial charge in [-0.3, -0.25) is 4.72 Å². The van der Waals surface area contributed by atoms with Crippen molar-refractivity contribution in [2.45, 2.75) is 6.92 Å². The van der Waals surface area contributed by atoms with Crippen LogP contribution in [-0.2, 0) is 10.0 Å². The second kappa shape index (κ2) is 4.28. The van der Waals surface area contributed by atoms with Crippen LogP contribution in [-0.4, -0.2) is 14.2 Å². The molecule has 80 valence electrons. The van der Waals surface area contributed by atoms with E-state index < -0.39 is 15.8 Å². The molecule has 0 aliphatic rings. The van der Waals surface area contributed by atoms with E-state index in [-0.39, 0.29) is 17.0 Å². The number of hydrogen-bond acceptors (Lipinski definition) is 3. The van der Waals surface area contributed by atoms with Crippen molar-refractivity contribution in [1.82, 2.24) is 0 Å². The molecule has 1 aromatic carbocycles. The van der Waals surface area contributed by atoms with E-state index in [0.29, 0.717) is 0 Å². The summed E-state index contributed by atoms with van der Waals surface area (Å²) in [5, 5.41) is 8.48. The van der Waals surface area contributed by atoms with Crippen LogP contribution in [0, 0.1) is 17.1 Å². The summed E-state index contributed by atoms with van der Waals surface area (Å²) in [6.45, 7) is 1.45. The van der Waals surface area contributed by atoms with Crippen LogP contribution >= 0.6 is 0 Å². The summed E-state index contributed by atoms with van der Waals surface area (Å²) < 4.78 is 37.6. The molecule has 0 aromatic heterocycles. The molecule has 0 radical (unpaired) electrons. The molecule has 0 fully saturated rings. The molecule has 0 heterocycles. The van der Waals surface area contributed by atoms with Crippen LogP contribution in [0.25, 0.3) is 0 Å². The minimum absolute atomic E-state index is 0.132. The van der Waals surface area contributed by atoms with Gasteiger partial charge in [-0.25, -0.2) is 12.8 Å². The third-order valence-electron chi connectivity index (χ3n) is 1.74. The Morgan fingerprint density at radius 2 is 2.20 bits per heavy atom. The molecule has 0 bridgehead atoms. The molecule has 0 saturated heterocycles. The first-order chi connectivity index (χ1) is 6.98. The summed E-state index contributed by atoms with van der Waals surface area (Å²) in [4.78, 5) is 0. The second-order valence-corrected chi connectivity index (χ2v) is 4.82. The van der Waals surface area contributed by atoms with Crippen molar-refractivity contribution in [3.05, 3.63) is 29.6 Å². The Labute approximate surface area is 87.4 Å². The number of halogens is 1. The van der Waals surface area contributed by atoms with Crippen LogP contribution in [0.4, 0.5) is 10.1 Å². The highest BCUT2D eigenvalue weighted by atomic mass is 32.2. The smallest absolute Gasteiger partial charge is 0.232 e. The van der Waals surface area contributed by atoms with Crippen molar-refractivity contribution in [1.29, 1.82) is 5.26 Å². The van der Waals surface area contributed by atoms with E-state index >= 15 is 0 Å². The first kappa shape index (κ1) is 11.5. The first-order valence-corrected chi connectivity index (χ1v) is 5.84. The zero-order chi connectivity index (χ0) is 11.5. The monoisotopic (exact) mass is 228 g/mol. The van der Waals surface area contributed by atoms with Crippen LogP contribution in [0.2, 0.25) is 0 Å². The van der Waals surface area contributed by atoms with Gasteiger partial charge < -0.3 is 0 Å². The summed E-state index contributed by atoms with van der Waals surface area (Å²) in [5.41, 5.74) is 0.00259. The lowest BCUT2D eigenvalue weighted by Crippen LogP contribution is -2.15. The molecule has 15 heavy (non-hydrogen) atoms. The number of sulfonamides is 1. The van der Waals surface area contributed by atoms with E-state index in [4.69, 9.17) is 5.26 Å². The van der Waals surface area contributed by atoms with Gasteiger partial charge in [-0.2, -0.15) is 5.26 Å². The summed E-state index contributed by atoms with van der Waals surface area (Å²) in [6, 6.07) is 5.30. The van der Waals surface area contributed by atoms with E-state index in [2.05, 4.69) is 4.72 Å². The average molecular weight is 228 g/mol. The van der Waals surface area contributed by atoms with Crippen LogP contribution in [0.3, 0.4) is 0 Å². The van der Waals surface area contributed by atoms with Gasteiger partial charge >= 0.3 is 0 Å². The summed E-state index contributed by atoms with van der Waals surface area (Å²) in [5.74, 6) is -0.891. The van der Waals surface area contributed by atoms with Crippen molar-refractivity contribution in [3.63, 3.8) is 0 Å². The number of hydrogen-bond donors (Lipinski definition) is 1. The van der Waals surface area contributed by atoms with Crippen molar-refractivity contribution < 1.29 is 12.8 Å². The molecule has 0 aliphatic heterocycles. The quantitative estimate of drug-likeness (QED) is 0.851. The second-order valence-electron chi connectivity index (χ2n) is 2.81. The zero-order valence-electron chi connectivity index (χ0n) is 7.99. The minimum atomic E-state index is -3.49. The van der Waals surface area contributed by atoms with Gasteiger partial charge in [0.15, 0.2) is 0 Å². The van der Waals surface area contributed by atoms with Crippen molar-refractivity contribution in [3.8, 4) is 6.07 Å². The van der Waals surface area contributed by atoms with Gasteiger partial charge in [0.1, 0.15) is 5.82 Å². The zero-order valence-corrected chi connectivity index (χ0v) is 8.81. The molecular weight excluding hydrogens is 219 g/mol. The Hall–Kier alpha value is -1.61. The normalized spacial score (nSPS) is 10.7. The Balaban J connectivity index is 3.04. The van der Waals surface area contributed by atoms with Gasteiger partial charge in [0.2, 0.25) is 10.0 Å². The van der Waals surface area contributed by atoms with Gasteiger partial charge in [0, 0.05) is 0 Å². The lowest BCUT2D eigenvalue weighted by Gasteiger charge is -2.06. The molecule has 4 nitrogen and oxygen atoms in total. The topological polar surface area (TPSA) is 70.0 Å².